The Morgan fingerprint density at radius 1 is 0.357 bits per heavy atom. The Morgan fingerprint density at radius 3 is 0.881 bits per heavy atom. The van der Waals surface area contributed by atoms with Gasteiger partial charge in [-0.3, -0.25) is 9.80 Å². The van der Waals surface area contributed by atoms with E-state index in [1.165, 1.54) is 102 Å². The van der Waals surface area contributed by atoms with E-state index in [4.69, 9.17) is 4.74 Å². The van der Waals surface area contributed by atoms with E-state index in [0.717, 1.165) is 50.5 Å². The molecule has 5 heterocycles. The number of thioether (sulfide) groups is 1. The summed E-state index contributed by atoms with van der Waals surface area (Å²) in [7, 11) is 0. The van der Waals surface area contributed by atoms with Crippen molar-refractivity contribution in [3.05, 3.63) is 0 Å². The molecule has 0 amide bonds. The lowest BCUT2D eigenvalue weighted by Crippen LogP contribution is -2.41. The quantitative estimate of drug-likeness (QED) is 0.343. The highest BCUT2D eigenvalue weighted by Gasteiger charge is 2.16. The molecule has 7 heteroatoms. The van der Waals surface area contributed by atoms with Crippen LogP contribution < -0.4 is 0 Å². The van der Waals surface area contributed by atoms with Crippen molar-refractivity contribution in [2.75, 3.05) is 90.2 Å². The van der Waals surface area contributed by atoms with Gasteiger partial charge in [0.2, 0.25) is 0 Å². The van der Waals surface area contributed by atoms with Crippen LogP contribution in [0.2, 0.25) is 0 Å². The van der Waals surface area contributed by atoms with Crippen molar-refractivity contribution in [2.24, 2.45) is 0 Å². The molecule has 0 aromatic carbocycles. The zero-order chi connectivity index (χ0) is 31.3. The van der Waals surface area contributed by atoms with Gasteiger partial charge in [-0.1, -0.05) is 6.42 Å². The molecule has 0 spiro atoms. The minimum Gasteiger partial charge on any atom is -0.379 e. The van der Waals surface area contributed by atoms with Gasteiger partial charge in [0.25, 0.3) is 0 Å². The molecule has 0 aromatic heterocycles. The first-order chi connectivity index (χ1) is 20.0. The summed E-state index contributed by atoms with van der Waals surface area (Å²) in [6.07, 6.45) is 8.52. The van der Waals surface area contributed by atoms with Crippen LogP contribution in [0.25, 0.3) is 0 Å². The van der Waals surface area contributed by atoms with Crippen LogP contribution in [0.4, 0.5) is 0 Å². The largest absolute Gasteiger partial charge is 0.379 e. The monoisotopic (exact) mass is 614 g/mol. The predicted octanol–water partition coefficient (Wildman–Crippen LogP) is 6.64. The van der Waals surface area contributed by atoms with Crippen LogP contribution in [0, 0.1) is 0 Å². The van der Waals surface area contributed by atoms with Crippen molar-refractivity contribution < 1.29 is 4.74 Å². The molecule has 5 saturated heterocycles. The molecule has 0 bridgehead atoms. The second-order valence-electron chi connectivity index (χ2n) is 14.0. The van der Waals surface area contributed by atoms with Crippen molar-refractivity contribution in [3.63, 3.8) is 0 Å². The van der Waals surface area contributed by atoms with Crippen LogP contribution in [0.15, 0.2) is 0 Å². The van der Waals surface area contributed by atoms with Crippen LogP contribution in [0.3, 0.4) is 0 Å². The fourth-order valence-corrected chi connectivity index (χ4v) is 6.67. The SMILES string of the molecule is CC(C)N1CCC1.CC(C)N1CCCC1.CC(C)N1CCCCC1.CC(C)N1CCOCC1.CC(C)N1CCSCC1. The Labute approximate surface area is 268 Å². The van der Waals surface area contributed by atoms with Gasteiger partial charge < -0.3 is 19.4 Å². The van der Waals surface area contributed by atoms with Gasteiger partial charge in [0, 0.05) is 67.9 Å². The summed E-state index contributed by atoms with van der Waals surface area (Å²) < 4.78 is 5.21. The first-order valence-corrected chi connectivity index (χ1v) is 19.0. The normalized spacial score (nSPS) is 22.9. The maximum atomic E-state index is 5.21. The average Bonchev–Trinajstić information content (AvgIpc) is 3.51. The van der Waals surface area contributed by atoms with Gasteiger partial charge in [0.15, 0.2) is 0 Å². The summed E-state index contributed by atoms with van der Waals surface area (Å²) in [5, 5.41) is 0. The Hall–Kier alpha value is 0.110. The summed E-state index contributed by atoms with van der Waals surface area (Å²) in [5.74, 6) is 2.66. The first kappa shape index (κ1) is 40.1. The molecule has 5 rings (SSSR count). The van der Waals surface area contributed by atoms with Crippen LogP contribution >= 0.6 is 11.8 Å². The molecule has 0 unspecified atom stereocenters. The molecule has 5 aliphatic rings. The number of hydrogen-bond donors (Lipinski definition) is 0. The Kier molecular flexibility index (Phi) is 23.3. The Balaban J connectivity index is 0.000000263. The van der Waals surface area contributed by atoms with Crippen LogP contribution in [0.5, 0.6) is 0 Å². The van der Waals surface area contributed by atoms with Crippen LogP contribution in [0.1, 0.15) is 108 Å². The Bertz CT molecular complexity index is 538. The van der Waals surface area contributed by atoms with Gasteiger partial charge in [-0.15, -0.1) is 0 Å². The maximum Gasteiger partial charge on any atom is 0.0594 e. The van der Waals surface area contributed by atoms with Gasteiger partial charge >= 0.3 is 0 Å². The van der Waals surface area contributed by atoms with E-state index in [1.54, 1.807) is 0 Å². The zero-order valence-electron chi connectivity index (χ0n) is 30.1. The Morgan fingerprint density at radius 2 is 0.643 bits per heavy atom. The number of morpholine rings is 1. The van der Waals surface area contributed by atoms with E-state index in [9.17, 15) is 0 Å². The van der Waals surface area contributed by atoms with E-state index >= 15 is 0 Å². The van der Waals surface area contributed by atoms with Gasteiger partial charge in [0.1, 0.15) is 0 Å². The minimum atomic E-state index is 0.689. The van der Waals surface area contributed by atoms with E-state index in [1.807, 2.05) is 0 Å². The highest BCUT2D eigenvalue weighted by atomic mass is 32.2. The van der Waals surface area contributed by atoms with E-state index in [2.05, 4.69) is 105 Å². The average molecular weight is 614 g/mol. The molecule has 6 nitrogen and oxygen atoms in total. The van der Waals surface area contributed by atoms with Crippen molar-refractivity contribution in [1.29, 1.82) is 0 Å². The topological polar surface area (TPSA) is 25.4 Å². The molecule has 0 N–H and O–H groups in total. The van der Waals surface area contributed by atoms with Crippen molar-refractivity contribution in [1.82, 2.24) is 24.5 Å². The summed E-state index contributed by atoms with van der Waals surface area (Å²) in [5.41, 5.74) is 0. The lowest BCUT2D eigenvalue weighted by atomic mass is 10.1. The maximum absolute atomic E-state index is 5.21. The molecule has 0 atom stereocenters. The van der Waals surface area contributed by atoms with E-state index < -0.39 is 0 Å². The van der Waals surface area contributed by atoms with Crippen LogP contribution in [-0.4, -0.2) is 145 Å². The van der Waals surface area contributed by atoms with Gasteiger partial charge in [-0.05, 0) is 141 Å². The highest BCUT2D eigenvalue weighted by molar-refractivity contribution is 7.99. The first-order valence-electron chi connectivity index (χ1n) is 17.9. The van der Waals surface area contributed by atoms with E-state index in [-0.39, 0.29) is 0 Å². The molecule has 0 saturated carbocycles. The second kappa shape index (κ2) is 24.4. The molecule has 252 valence electrons. The molecule has 0 aromatic rings. The molecule has 0 radical (unpaired) electrons. The summed E-state index contributed by atoms with van der Waals surface area (Å²) in [6, 6.07) is 3.77. The summed E-state index contributed by atoms with van der Waals surface area (Å²) in [6.45, 7) is 37.2. The number of likely N-dealkylation sites (tertiary alicyclic amines) is 3. The number of rotatable bonds is 5. The summed E-state index contributed by atoms with van der Waals surface area (Å²) in [4.78, 5) is 12.5. The molecule has 42 heavy (non-hydrogen) atoms. The van der Waals surface area contributed by atoms with Crippen molar-refractivity contribution in [3.8, 4) is 0 Å². The van der Waals surface area contributed by atoms with Crippen molar-refractivity contribution >= 4 is 11.8 Å². The molecule has 5 aliphatic heterocycles. The lowest BCUT2D eigenvalue weighted by molar-refractivity contribution is 0.0238. The third-order valence-electron chi connectivity index (χ3n) is 9.16. The fraction of sp³-hybridized carbons (Fsp3) is 1.00. The number of nitrogens with zero attached hydrogens (tertiary/aromatic N) is 5. The smallest absolute Gasteiger partial charge is 0.0594 e. The number of piperidine rings is 1. The third-order valence-corrected chi connectivity index (χ3v) is 10.1. The molecular weight excluding hydrogens is 538 g/mol. The fourth-order valence-electron chi connectivity index (χ4n) is 5.74. The molecular formula is C35H75N5OS. The standard InChI is InChI=1S/C8H17N.C7H15NO.C7H15NS.C7H15N.C6H13N/c1-8(2)9-6-4-3-5-7-9;2*1-7(2)8-3-5-9-6-4-8;1-7(2)8-5-3-4-6-8;1-6(2)7-4-3-5-7/h8H,3-7H2,1-2H3;2*7H,3-6H2,1-2H3;7H,3-6H2,1-2H3;6H,3-5H2,1-2H3. The van der Waals surface area contributed by atoms with Gasteiger partial charge in [0.05, 0.1) is 13.2 Å². The third kappa shape index (κ3) is 18.8. The van der Waals surface area contributed by atoms with Gasteiger partial charge in [-0.2, -0.15) is 11.8 Å². The lowest BCUT2D eigenvalue weighted by Gasteiger charge is -2.34. The van der Waals surface area contributed by atoms with E-state index in [0.29, 0.717) is 6.04 Å². The second-order valence-corrected chi connectivity index (χ2v) is 15.2. The zero-order valence-corrected chi connectivity index (χ0v) is 30.9. The number of ether oxygens (including phenoxy) is 1. The predicted molar refractivity (Wildman–Crippen MR) is 189 cm³/mol. The van der Waals surface area contributed by atoms with Crippen LogP contribution in [-0.2, 0) is 4.74 Å². The highest BCUT2D eigenvalue weighted by Crippen LogP contribution is 2.12. The molecule has 5 fully saturated rings. The van der Waals surface area contributed by atoms with Crippen molar-refractivity contribution in [2.45, 2.75) is 138 Å². The number of hydrogen-bond acceptors (Lipinski definition) is 7. The van der Waals surface area contributed by atoms with Gasteiger partial charge in [-0.25, -0.2) is 0 Å². The minimum absolute atomic E-state index is 0.689. The summed E-state index contributed by atoms with van der Waals surface area (Å²) >= 11 is 2.07. The molecule has 0 aliphatic carbocycles.